The monoisotopic (exact) mass is 253 g/mol. The van der Waals surface area contributed by atoms with Gasteiger partial charge >= 0.3 is 0 Å². The average Bonchev–Trinajstić information content (AvgIpc) is 2.38. The Morgan fingerprint density at radius 2 is 2.11 bits per heavy atom. The predicted octanol–water partition coefficient (Wildman–Crippen LogP) is 1.12. The van der Waals surface area contributed by atoms with E-state index in [1.165, 1.54) is 32.1 Å². The van der Waals surface area contributed by atoms with Crippen molar-refractivity contribution in [3.05, 3.63) is 0 Å². The molecule has 0 radical (unpaired) electrons. The highest BCUT2D eigenvalue weighted by Gasteiger charge is 2.18. The van der Waals surface area contributed by atoms with Gasteiger partial charge in [0, 0.05) is 44.7 Å². The standard InChI is InChI=1S/C14H27N3O/c1-12-11-17(10-8-15-12)9-7-14(18)16-13-5-3-2-4-6-13/h12-13,15H,2-11H2,1H3,(H,16,18)/t12-/m0/s1. The van der Waals surface area contributed by atoms with Crippen molar-refractivity contribution in [1.29, 1.82) is 0 Å². The molecule has 1 atom stereocenters. The Kier molecular flexibility index (Phi) is 5.45. The number of hydrogen-bond acceptors (Lipinski definition) is 3. The average molecular weight is 253 g/mol. The number of amides is 1. The number of carbonyl (C=O) groups is 1. The maximum atomic E-state index is 11.9. The summed E-state index contributed by atoms with van der Waals surface area (Å²) in [5.41, 5.74) is 0. The number of piperazine rings is 1. The second-order valence-electron chi connectivity index (χ2n) is 5.81. The molecule has 0 aromatic carbocycles. The molecule has 2 rings (SSSR count). The normalized spacial score (nSPS) is 27.1. The number of hydrogen-bond donors (Lipinski definition) is 2. The van der Waals surface area contributed by atoms with Gasteiger partial charge in [0.2, 0.25) is 5.91 Å². The van der Waals surface area contributed by atoms with E-state index in [0.717, 1.165) is 26.2 Å². The van der Waals surface area contributed by atoms with Gasteiger partial charge in [-0.05, 0) is 19.8 Å². The van der Waals surface area contributed by atoms with Crippen molar-refractivity contribution in [3.63, 3.8) is 0 Å². The third-order valence-electron chi connectivity index (χ3n) is 4.08. The molecule has 1 amide bonds. The van der Waals surface area contributed by atoms with Crippen molar-refractivity contribution in [2.75, 3.05) is 26.2 Å². The Bertz CT molecular complexity index is 264. The summed E-state index contributed by atoms with van der Waals surface area (Å²) in [6.07, 6.45) is 6.90. The fraction of sp³-hybridized carbons (Fsp3) is 0.929. The van der Waals surface area contributed by atoms with Crippen LogP contribution in [0.3, 0.4) is 0 Å². The van der Waals surface area contributed by atoms with E-state index in [2.05, 4.69) is 22.5 Å². The van der Waals surface area contributed by atoms with Crippen molar-refractivity contribution in [1.82, 2.24) is 15.5 Å². The molecule has 4 nitrogen and oxygen atoms in total. The first-order valence-corrected chi connectivity index (χ1v) is 7.49. The first kappa shape index (κ1) is 13.8. The Morgan fingerprint density at radius 1 is 1.33 bits per heavy atom. The molecule has 0 bridgehead atoms. The van der Waals surface area contributed by atoms with Crippen molar-refractivity contribution < 1.29 is 4.79 Å². The van der Waals surface area contributed by atoms with Crippen LogP contribution >= 0.6 is 0 Å². The molecule has 2 N–H and O–H groups in total. The Balaban J connectivity index is 1.61. The minimum atomic E-state index is 0.244. The molecular formula is C14H27N3O. The van der Waals surface area contributed by atoms with Crippen LogP contribution in [0.4, 0.5) is 0 Å². The van der Waals surface area contributed by atoms with Crippen LogP contribution in [-0.4, -0.2) is 49.1 Å². The Morgan fingerprint density at radius 3 is 2.83 bits per heavy atom. The summed E-state index contributed by atoms with van der Waals surface area (Å²) in [5.74, 6) is 0.244. The van der Waals surface area contributed by atoms with Gasteiger partial charge in [0.25, 0.3) is 0 Å². The van der Waals surface area contributed by atoms with Crippen molar-refractivity contribution in [3.8, 4) is 0 Å². The molecule has 2 aliphatic rings. The van der Waals surface area contributed by atoms with Gasteiger partial charge in [-0.25, -0.2) is 0 Å². The SMILES string of the molecule is C[C@H]1CN(CCC(=O)NC2CCCCC2)CCN1. The fourth-order valence-corrected chi connectivity index (χ4v) is 3.02. The maximum Gasteiger partial charge on any atom is 0.221 e. The predicted molar refractivity (Wildman–Crippen MR) is 73.5 cm³/mol. The van der Waals surface area contributed by atoms with Crippen LogP contribution in [-0.2, 0) is 4.79 Å². The lowest BCUT2D eigenvalue weighted by Crippen LogP contribution is -2.50. The third kappa shape index (κ3) is 4.58. The lowest BCUT2D eigenvalue weighted by Gasteiger charge is -2.31. The van der Waals surface area contributed by atoms with Crippen LogP contribution in [0, 0.1) is 0 Å². The summed E-state index contributed by atoms with van der Waals surface area (Å²) in [6.45, 7) is 6.29. The summed E-state index contributed by atoms with van der Waals surface area (Å²) >= 11 is 0. The van der Waals surface area contributed by atoms with Crippen molar-refractivity contribution in [2.45, 2.75) is 57.5 Å². The second kappa shape index (κ2) is 7.10. The van der Waals surface area contributed by atoms with Gasteiger partial charge in [-0.1, -0.05) is 19.3 Å². The summed E-state index contributed by atoms with van der Waals surface area (Å²) in [7, 11) is 0. The Hall–Kier alpha value is -0.610. The first-order valence-electron chi connectivity index (χ1n) is 7.49. The first-order chi connectivity index (χ1) is 8.74. The van der Waals surface area contributed by atoms with Gasteiger partial charge in [0.05, 0.1) is 0 Å². The van der Waals surface area contributed by atoms with E-state index in [1.807, 2.05) is 0 Å². The smallest absolute Gasteiger partial charge is 0.221 e. The van der Waals surface area contributed by atoms with E-state index in [9.17, 15) is 4.79 Å². The molecule has 1 saturated heterocycles. The van der Waals surface area contributed by atoms with Crippen LogP contribution < -0.4 is 10.6 Å². The van der Waals surface area contributed by atoms with E-state index in [1.54, 1.807) is 0 Å². The van der Waals surface area contributed by atoms with E-state index >= 15 is 0 Å². The minimum Gasteiger partial charge on any atom is -0.353 e. The zero-order valence-electron chi connectivity index (χ0n) is 11.6. The zero-order chi connectivity index (χ0) is 12.8. The van der Waals surface area contributed by atoms with E-state index in [4.69, 9.17) is 0 Å². The van der Waals surface area contributed by atoms with Crippen molar-refractivity contribution >= 4 is 5.91 Å². The summed E-state index contributed by atoms with van der Waals surface area (Å²) in [4.78, 5) is 14.3. The highest BCUT2D eigenvalue weighted by Crippen LogP contribution is 2.17. The lowest BCUT2D eigenvalue weighted by atomic mass is 9.95. The molecule has 4 heteroatoms. The molecule has 0 spiro atoms. The van der Waals surface area contributed by atoms with Crippen LogP contribution in [0.25, 0.3) is 0 Å². The van der Waals surface area contributed by atoms with Gasteiger partial charge < -0.3 is 15.5 Å². The molecule has 0 aromatic rings. The molecule has 1 aliphatic carbocycles. The number of nitrogens with zero attached hydrogens (tertiary/aromatic N) is 1. The highest BCUT2D eigenvalue weighted by molar-refractivity contribution is 5.76. The molecule has 104 valence electrons. The summed E-state index contributed by atoms with van der Waals surface area (Å²) in [5, 5.41) is 6.61. The van der Waals surface area contributed by atoms with Crippen LogP contribution in [0.1, 0.15) is 45.4 Å². The van der Waals surface area contributed by atoms with Gasteiger partial charge in [0.15, 0.2) is 0 Å². The van der Waals surface area contributed by atoms with Crippen LogP contribution in [0.2, 0.25) is 0 Å². The van der Waals surface area contributed by atoms with E-state index in [-0.39, 0.29) is 5.91 Å². The minimum absolute atomic E-state index is 0.244. The van der Waals surface area contributed by atoms with Crippen LogP contribution in [0.15, 0.2) is 0 Å². The van der Waals surface area contributed by atoms with Gasteiger partial charge in [0.1, 0.15) is 0 Å². The number of nitrogens with one attached hydrogen (secondary N) is 2. The molecule has 18 heavy (non-hydrogen) atoms. The van der Waals surface area contributed by atoms with Crippen LogP contribution in [0.5, 0.6) is 0 Å². The molecule has 0 aromatic heterocycles. The van der Waals surface area contributed by atoms with Crippen molar-refractivity contribution in [2.24, 2.45) is 0 Å². The molecule has 2 fully saturated rings. The number of rotatable bonds is 4. The molecule has 1 aliphatic heterocycles. The maximum absolute atomic E-state index is 11.9. The molecule has 1 saturated carbocycles. The summed E-state index contributed by atoms with van der Waals surface area (Å²) in [6, 6.07) is 1.01. The molecule has 0 unspecified atom stereocenters. The van der Waals surface area contributed by atoms with E-state index in [0.29, 0.717) is 18.5 Å². The van der Waals surface area contributed by atoms with Gasteiger partial charge in [-0.2, -0.15) is 0 Å². The molecular weight excluding hydrogens is 226 g/mol. The Labute approximate surface area is 110 Å². The topological polar surface area (TPSA) is 44.4 Å². The zero-order valence-corrected chi connectivity index (χ0v) is 11.6. The highest BCUT2D eigenvalue weighted by atomic mass is 16.1. The lowest BCUT2D eigenvalue weighted by molar-refractivity contribution is -0.122. The van der Waals surface area contributed by atoms with E-state index < -0.39 is 0 Å². The fourth-order valence-electron chi connectivity index (χ4n) is 3.02. The molecule has 1 heterocycles. The summed E-state index contributed by atoms with van der Waals surface area (Å²) < 4.78 is 0. The third-order valence-corrected chi connectivity index (χ3v) is 4.08. The second-order valence-corrected chi connectivity index (χ2v) is 5.81. The number of carbonyl (C=O) groups excluding carboxylic acids is 1. The largest absolute Gasteiger partial charge is 0.353 e. The van der Waals surface area contributed by atoms with Gasteiger partial charge in [-0.3, -0.25) is 4.79 Å². The quantitative estimate of drug-likeness (QED) is 0.789. The van der Waals surface area contributed by atoms with Gasteiger partial charge in [-0.15, -0.1) is 0 Å².